The van der Waals surface area contributed by atoms with Crippen molar-refractivity contribution in [3.8, 4) is 0 Å². The van der Waals surface area contributed by atoms with Crippen molar-refractivity contribution in [2.24, 2.45) is 5.92 Å². The van der Waals surface area contributed by atoms with Gasteiger partial charge in [-0.15, -0.1) is 0 Å². The summed E-state index contributed by atoms with van der Waals surface area (Å²) in [7, 11) is 1.34. The normalized spacial score (nSPS) is 20.2. The Labute approximate surface area is 77.6 Å². The summed E-state index contributed by atoms with van der Waals surface area (Å²) >= 11 is 0. The fourth-order valence-corrected chi connectivity index (χ4v) is 1.56. The molecule has 0 bridgehead atoms. The van der Waals surface area contributed by atoms with E-state index in [0.29, 0.717) is 0 Å². The molecule has 0 aliphatic heterocycles. The maximum atomic E-state index is 11.4. The van der Waals surface area contributed by atoms with Crippen LogP contribution in [0.3, 0.4) is 0 Å². The lowest BCUT2D eigenvalue weighted by molar-refractivity contribution is -0.151. The summed E-state index contributed by atoms with van der Waals surface area (Å²) in [6.45, 7) is 3.13. The number of rotatable bonds is 3. The predicted octanol–water partition coefficient (Wildman–Crippen LogP) is 0.464. The van der Waals surface area contributed by atoms with E-state index in [0.717, 1.165) is 12.8 Å². The lowest BCUT2D eigenvalue weighted by Crippen LogP contribution is -2.53. The third-order valence-electron chi connectivity index (χ3n) is 2.44. The van der Waals surface area contributed by atoms with Crippen molar-refractivity contribution in [3.05, 3.63) is 0 Å². The van der Waals surface area contributed by atoms with Crippen LogP contribution in [0, 0.1) is 5.92 Å². The van der Waals surface area contributed by atoms with Gasteiger partial charge >= 0.3 is 5.97 Å². The van der Waals surface area contributed by atoms with Crippen LogP contribution in [0.25, 0.3) is 0 Å². The number of nitrogens with one attached hydrogen (secondary N) is 1. The van der Waals surface area contributed by atoms with Crippen LogP contribution in [0.4, 0.5) is 0 Å². The van der Waals surface area contributed by atoms with Gasteiger partial charge in [0, 0.05) is 6.92 Å². The zero-order valence-electron chi connectivity index (χ0n) is 8.22. The number of methoxy groups -OCH3 is 1. The highest BCUT2D eigenvalue weighted by atomic mass is 16.5. The van der Waals surface area contributed by atoms with Crippen molar-refractivity contribution < 1.29 is 14.3 Å². The molecule has 0 spiro atoms. The Morgan fingerprint density at radius 1 is 1.46 bits per heavy atom. The van der Waals surface area contributed by atoms with Gasteiger partial charge in [-0.25, -0.2) is 4.79 Å². The number of carbonyl (C=O) groups excluding carboxylic acids is 2. The molecule has 0 heterocycles. The number of hydrogen-bond acceptors (Lipinski definition) is 3. The Morgan fingerprint density at radius 3 is 2.31 bits per heavy atom. The van der Waals surface area contributed by atoms with Gasteiger partial charge in [0.1, 0.15) is 5.54 Å². The molecule has 0 aromatic heterocycles. The zero-order valence-corrected chi connectivity index (χ0v) is 8.22. The van der Waals surface area contributed by atoms with E-state index in [4.69, 9.17) is 0 Å². The van der Waals surface area contributed by atoms with Crippen molar-refractivity contribution in [2.75, 3.05) is 7.11 Å². The van der Waals surface area contributed by atoms with Crippen molar-refractivity contribution in [1.82, 2.24) is 5.32 Å². The number of ether oxygens (including phenoxy) is 1. The molecule has 0 saturated heterocycles. The summed E-state index contributed by atoms with van der Waals surface area (Å²) in [6, 6.07) is 0. The minimum absolute atomic E-state index is 0.195. The number of amides is 1. The molecule has 1 saturated carbocycles. The predicted molar refractivity (Wildman–Crippen MR) is 47.0 cm³/mol. The summed E-state index contributed by atoms with van der Waals surface area (Å²) in [5.41, 5.74) is -0.819. The second-order valence-electron chi connectivity index (χ2n) is 3.65. The van der Waals surface area contributed by atoms with Crippen LogP contribution in [0.5, 0.6) is 0 Å². The molecule has 1 aliphatic rings. The summed E-state index contributed by atoms with van der Waals surface area (Å²) in [4.78, 5) is 22.3. The third-order valence-corrected chi connectivity index (χ3v) is 2.44. The second kappa shape index (κ2) is 3.36. The van der Waals surface area contributed by atoms with Crippen LogP contribution in [0.2, 0.25) is 0 Å². The van der Waals surface area contributed by atoms with Gasteiger partial charge in [0.25, 0.3) is 0 Å². The molecule has 13 heavy (non-hydrogen) atoms. The van der Waals surface area contributed by atoms with E-state index in [1.165, 1.54) is 14.0 Å². The lowest BCUT2D eigenvalue weighted by Gasteiger charge is -2.27. The average molecular weight is 185 g/mol. The van der Waals surface area contributed by atoms with Gasteiger partial charge in [0.2, 0.25) is 5.91 Å². The van der Waals surface area contributed by atoms with Crippen LogP contribution in [0.1, 0.15) is 26.7 Å². The van der Waals surface area contributed by atoms with Crippen LogP contribution in [0.15, 0.2) is 0 Å². The molecule has 0 unspecified atom stereocenters. The first-order chi connectivity index (χ1) is 6.00. The van der Waals surface area contributed by atoms with E-state index in [1.807, 2.05) is 0 Å². The van der Waals surface area contributed by atoms with Crippen molar-refractivity contribution in [1.29, 1.82) is 0 Å². The maximum absolute atomic E-state index is 11.4. The maximum Gasteiger partial charge on any atom is 0.331 e. The topological polar surface area (TPSA) is 55.4 Å². The molecule has 1 atom stereocenters. The average Bonchev–Trinajstić information content (AvgIpc) is 2.83. The van der Waals surface area contributed by atoms with E-state index < -0.39 is 5.54 Å². The van der Waals surface area contributed by atoms with Crippen LogP contribution < -0.4 is 5.32 Å². The minimum Gasteiger partial charge on any atom is -0.467 e. The quantitative estimate of drug-likeness (QED) is 0.650. The van der Waals surface area contributed by atoms with Gasteiger partial charge < -0.3 is 10.1 Å². The van der Waals surface area contributed by atoms with Gasteiger partial charge in [-0.2, -0.15) is 0 Å². The van der Waals surface area contributed by atoms with Gasteiger partial charge in [0.05, 0.1) is 7.11 Å². The summed E-state index contributed by atoms with van der Waals surface area (Å²) in [5.74, 6) is -0.311. The molecular formula is C9H15NO3. The number of carbonyl (C=O) groups is 2. The molecule has 1 aliphatic carbocycles. The molecule has 0 radical (unpaired) electrons. The molecule has 4 heteroatoms. The molecule has 1 rings (SSSR count). The first kappa shape index (κ1) is 10.0. The molecule has 4 nitrogen and oxygen atoms in total. The van der Waals surface area contributed by atoms with E-state index in [-0.39, 0.29) is 17.8 Å². The Balaban J connectivity index is 2.73. The van der Waals surface area contributed by atoms with Crippen LogP contribution >= 0.6 is 0 Å². The summed E-state index contributed by atoms with van der Waals surface area (Å²) in [5, 5.41) is 2.66. The lowest BCUT2D eigenvalue weighted by atomic mass is 9.96. The van der Waals surface area contributed by atoms with E-state index in [2.05, 4.69) is 10.1 Å². The SMILES string of the molecule is COC(=O)[C@](C)(NC(C)=O)C1CC1. The van der Waals surface area contributed by atoms with Gasteiger partial charge in [-0.05, 0) is 25.7 Å². The highest BCUT2D eigenvalue weighted by Crippen LogP contribution is 2.40. The van der Waals surface area contributed by atoms with Crippen molar-refractivity contribution >= 4 is 11.9 Å². The molecule has 1 fully saturated rings. The second-order valence-corrected chi connectivity index (χ2v) is 3.65. The van der Waals surface area contributed by atoms with Gasteiger partial charge in [-0.3, -0.25) is 4.79 Å². The number of hydrogen-bond donors (Lipinski definition) is 1. The fraction of sp³-hybridized carbons (Fsp3) is 0.778. The first-order valence-electron chi connectivity index (χ1n) is 4.38. The third kappa shape index (κ3) is 1.99. The highest BCUT2D eigenvalue weighted by Gasteiger charge is 2.48. The molecular weight excluding hydrogens is 170 g/mol. The standard InChI is InChI=1S/C9H15NO3/c1-6(11)10-9(2,7-4-5-7)8(12)13-3/h7H,4-5H2,1-3H3,(H,10,11)/t9-/m1/s1. The van der Waals surface area contributed by atoms with Crippen LogP contribution in [-0.2, 0) is 14.3 Å². The van der Waals surface area contributed by atoms with Gasteiger partial charge in [-0.1, -0.05) is 0 Å². The highest BCUT2D eigenvalue weighted by molar-refractivity contribution is 5.87. The number of esters is 1. The molecule has 1 amide bonds. The Morgan fingerprint density at radius 2 is 2.00 bits per heavy atom. The molecule has 0 aromatic carbocycles. The molecule has 0 aromatic rings. The van der Waals surface area contributed by atoms with E-state index in [1.54, 1.807) is 6.92 Å². The van der Waals surface area contributed by atoms with Crippen molar-refractivity contribution in [3.63, 3.8) is 0 Å². The summed E-state index contributed by atoms with van der Waals surface area (Å²) < 4.78 is 4.66. The Hall–Kier alpha value is -1.06. The first-order valence-corrected chi connectivity index (χ1v) is 4.38. The molecule has 1 N–H and O–H groups in total. The monoisotopic (exact) mass is 185 g/mol. The Kier molecular flexibility index (Phi) is 2.59. The van der Waals surface area contributed by atoms with E-state index in [9.17, 15) is 9.59 Å². The largest absolute Gasteiger partial charge is 0.467 e. The van der Waals surface area contributed by atoms with E-state index >= 15 is 0 Å². The smallest absolute Gasteiger partial charge is 0.331 e. The summed E-state index contributed by atoms with van der Waals surface area (Å²) in [6.07, 6.45) is 1.96. The van der Waals surface area contributed by atoms with Crippen molar-refractivity contribution in [2.45, 2.75) is 32.2 Å². The molecule has 74 valence electrons. The fourth-order valence-electron chi connectivity index (χ4n) is 1.56. The minimum atomic E-state index is -0.819. The zero-order chi connectivity index (χ0) is 10.1. The van der Waals surface area contributed by atoms with Gasteiger partial charge in [0.15, 0.2) is 0 Å². The Bertz CT molecular complexity index is 235. The van der Waals surface area contributed by atoms with Crippen LogP contribution in [-0.4, -0.2) is 24.5 Å².